The van der Waals surface area contributed by atoms with Crippen LogP contribution in [0.2, 0.25) is 0 Å². The third-order valence-electron chi connectivity index (χ3n) is 4.56. The van der Waals surface area contributed by atoms with Gasteiger partial charge < -0.3 is 11.1 Å². The normalized spacial score (nSPS) is 22.0. The lowest BCUT2D eigenvalue weighted by Gasteiger charge is -2.42. The molecule has 0 heterocycles. The number of hydrogen-bond acceptors (Lipinski definition) is 3. The van der Waals surface area contributed by atoms with Crippen LogP contribution in [0.3, 0.4) is 0 Å². The first-order chi connectivity index (χ1) is 10.6. The van der Waals surface area contributed by atoms with Gasteiger partial charge in [0.15, 0.2) is 0 Å². The molecule has 2 atom stereocenters. The molecule has 2 rings (SSSR count). The van der Waals surface area contributed by atoms with Crippen LogP contribution in [-0.4, -0.2) is 35.5 Å². The number of carbonyl (C=O) groups is 1. The van der Waals surface area contributed by atoms with Crippen LogP contribution in [0.5, 0.6) is 0 Å². The highest BCUT2D eigenvalue weighted by Gasteiger charge is 2.32. The fraction of sp³-hybridized carbons (Fsp3) is 0.611. The van der Waals surface area contributed by atoms with Crippen molar-refractivity contribution in [2.24, 2.45) is 5.73 Å². The number of nitrogens with two attached hydrogens (primary N) is 1. The Hall–Kier alpha value is -1.39. The Kier molecular flexibility index (Phi) is 6.40. The SMILES string of the molecule is CC(C)N(Cc1ccccc1)[C@@H]1CCCC[C@@H]1NC(=O)CN. The molecule has 1 aromatic carbocycles. The van der Waals surface area contributed by atoms with Crippen LogP contribution < -0.4 is 11.1 Å². The van der Waals surface area contributed by atoms with E-state index in [1.165, 1.54) is 18.4 Å². The molecule has 1 fully saturated rings. The maximum Gasteiger partial charge on any atom is 0.234 e. The van der Waals surface area contributed by atoms with Gasteiger partial charge in [0.1, 0.15) is 0 Å². The lowest BCUT2D eigenvalue weighted by atomic mass is 9.88. The summed E-state index contributed by atoms with van der Waals surface area (Å²) >= 11 is 0. The molecule has 0 aliphatic heterocycles. The van der Waals surface area contributed by atoms with Gasteiger partial charge in [-0.1, -0.05) is 43.2 Å². The molecular weight excluding hydrogens is 274 g/mol. The predicted molar refractivity (Wildman–Crippen MR) is 90.4 cm³/mol. The Morgan fingerprint density at radius 1 is 1.27 bits per heavy atom. The molecule has 0 radical (unpaired) electrons. The third kappa shape index (κ3) is 4.55. The molecule has 0 saturated heterocycles. The van der Waals surface area contributed by atoms with E-state index in [1.54, 1.807) is 0 Å². The summed E-state index contributed by atoms with van der Waals surface area (Å²) in [6, 6.07) is 11.6. The van der Waals surface area contributed by atoms with Crippen LogP contribution in [0, 0.1) is 0 Å². The van der Waals surface area contributed by atoms with Crippen molar-refractivity contribution in [1.82, 2.24) is 10.2 Å². The van der Waals surface area contributed by atoms with Crippen molar-refractivity contribution in [3.8, 4) is 0 Å². The number of hydrogen-bond donors (Lipinski definition) is 2. The molecule has 1 aliphatic rings. The van der Waals surface area contributed by atoms with E-state index in [9.17, 15) is 4.79 Å². The molecule has 3 N–H and O–H groups in total. The number of amides is 1. The topological polar surface area (TPSA) is 58.4 Å². The maximum absolute atomic E-state index is 11.7. The summed E-state index contributed by atoms with van der Waals surface area (Å²) in [6.45, 7) is 5.47. The van der Waals surface area contributed by atoms with Crippen molar-refractivity contribution in [2.45, 2.75) is 64.2 Å². The molecule has 122 valence electrons. The van der Waals surface area contributed by atoms with Gasteiger partial charge in [0.05, 0.1) is 6.54 Å². The summed E-state index contributed by atoms with van der Waals surface area (Å²) in [5.74, 6) is -0.0414. The molecule has 1 aromatic rings. The number of nitrogens with one attached hydrogen (secondary N) is 1. The van der Waals surface area contributed by atoms with Crippen LogP contribution in [-0.2, 0) is 11.3 Å². The van der Waals surface area contributed by atoms with E-state index >= 15 is 0 Å². The van der Waals surface area contributed by atoms with Crippen LogP contribution in [0.25, 0.3) is 0 Å². The largest absolute Gasteiger partial charge is 0.351 e. The first kappa shape index (κ1) is 17.0. The Morgan fingerprint density at radius 3 is 2.59 bits per heavy atom. The van der Waals surface area contributed by atoms with Gasteiger partial charge in [0.2, 0.25) is 5.91 Å². The molecule has 0 spiro atoms. The number of rotatable bonds is 6. The quantitative estimate of drug-likeness (QED) is 0.847. The highest BCUT2D eigenvalue weighted by atomic mass is 16.1. The lowest BCUT2D eigenvalue weighted by Crippen LogP contribution is -2.55. The molecule has 0 unspecified atom stereocenters. The van der Waals surface area contributed by atoms with E-state index in [4.69, 9.17) is 5.73 Å². The minimum Gasteiger partial charge on any atom is -0.351 e. The zero-order valence-electron chi connectivity index (χ0n) is 13.8. The molecule has 4 heteroatoms. The van der Waals surface area contributed by atoms with E-state index in [-0.39, 0.29) is 18.5 Å². The lowest BCUT2D eigenvalue weighted by molar-refractivity contribution is -0.121. The fourth-order valence-corrected chi connectivity index (χ4v) is 3.42. The van der Waals surface area contributed by atoms with Crippen molar-refractivity contribution in [2.75, 3.05) is 6.54 Å². The predicted octanol–water partition coefficient (Wildman–Crippen LogP) is 2.28. The third-order valence-corrected chi connectivity index (χ3v) is 4.56. The second-order valence-corrected chi connectivity index (χ2v) is 6.48. The second-order valence-electron chi connectivity index (χ2n) is 6.48. The first-order valence-corrected chi connectivity index (χ1v) is 8.41. The Morgan fingerprint density at radius 2 is 1.95 bits per heavy atom. The summed E-state index contributed by atoms with van der Waals surface area (Å²) in [6.07, 6.45) is 4.61. The second kappa shape index (κ2) is 8.30. The average Bonchev–Trinajstić information content (AvgIpc) is 2.54. The van der Waals surface area contributed by atoms with E-state index in [1.807, 2.05) is 6.07 Å². The molecular formula is C18H29N3O. The zero-order chi connectivity index (χ0) is 15.9. The molecule has 1 aliphatic carbocycles. The van der Waals surface area contributed by atoms with Crippen LogP contribution in [0.1, 0.15) is 45.1 Å². The van der Waals surface area contributed by atoms with E-state index in [0.29, 0.717) is 12.1 Å². The highest BCUT2D eigenvalue weighted by molar-refractivity contribution is 5.78. The van der Waals surface area contributed by atoms with Gasteiger partial charge in [-0.05, 0) is 32.3 Å². The Balaban J connectivity index is 2.11. The summed E-state index contributed by atoms with van der Waals surface area (Å²) in [5, 5.41) is 3.13. The Bertz CT molecular complexity index is 461. The van der Waals surface area contributed by atoms with Gasteiger partial charge in [0.25, 0.3) is 0 Å². The number of carbonyl (C=O) groups excluding carboxylic acids is 1. The minimum atomic E-state index is -0.0414. The van der Waals surface area contributed by atoms with Crippen molar-refractivity contribution in [1.29, 1.82) is 0 Å². The van der Waals surface area contributed by atoms with Crippen LogP contribution in [0.15, 0.2) is 30.3 Å². The molecule has 1 saturated carbocycles. The van der Waals surface area contributed by atoms with Gasteiger partial charge in [-0.15, -0.1) is 0 Å². The zero-order valence-corrected chi connectivity index (χ0v) is 13.8. The monoisotopic (exact) mass is 303 g/mol. The summed E-state index contributed by atoms with van der Waals surface area (Å²) in [5.41, 5.74) is 6.79. The van der Waals surface area contributed by atoms with Gasteiger partial charge in [-0.25, -0.2) is 0 Å². The summed E-state index contributed by atoms with van der Waals surface area (Å²) in [4.78, 5) is 14.2. The number of nitrogens with zero attached hydrogens (tertiary/aromatic N) is 1. The summed E-state index contributed by atoms with van der Waals surface area (Å²) in [7, 11) is 0. The van der Waals surface area contributed by atoms with E-state index < -0.39 is 0 Å². The van der Waals surface area contributed by atoms with Gasteiger partial charge in [-0.2, -0.15) is 0 Å². The van der Waals surface area contributed by atoms with Crippen molar-refractivity contribution in [3.05, 3.63) is 35.9 Å². The molecule has 22 heavy (non-hydrogen) atoms. The van der Waals surface area contributed by atoms with Crippen molar-refractivity contribution in [3.63, 3.8) is 0 Å². The number of benzene rings is 1. The maximum atomic E-state index is 11.7. The van der Waals surface area contributed by atoms with Gasteiger partial charge >= 0.3 is 0 Å². The molecule has 0 aromatic heterocycles. The fourth-order valence-electron chi connectivity index (χ4n) is 3.42. The Labute approximate surface area is 134 Å². The average molecular weight is 303 g/mol. The van der Waals surface area contributed by atoms with Crippen LogP contribution >= 0.6 is 0 Å². The van der Waals surface area contributed by atoms with Crippen molar-refractivity contribution < 1.29 is 4.79 Å². The van der Waals surface area contributed by atoms with Gasteiger partial charge in [0, 0.05) is 24.7 Å². The van der Waals surface area contributed by atoms with E-state index in [0.717, 1.165) is 19.4 Å². The molecule has 4 nitrogen and oxygen atoms in total. The van der Waals surface area contributed by atoms with Crippen LogP contribution in [0.4, 0.5) is 0 Å². The smallest absolute Gasteiger partial charge is 0.234 e. The van der Waals surface area contributed by atoms with E-state index in [2.05, 4.69) is 48.3 Å². The molecule has 0 bridgehead atoms. The molecule has 1 amide bonds. The minimum absolute atomic E-state index is 0.0414. The summed E-state index contributed by atoms with van der Waals surface area (Å²) < 4.78 is 0. The first-order valence-electron chi connectivity index (χ1n) is 8.41. The standard InChI is InChI=1S/C18H29N3O/c1-14(2)21(13-15-8-4-3-5-9-15)17-11-7-6-10-16(17)20-18(22)12-19/h3-5,8-9,14,16-17H,6-7,10-13,19H2,1-2H3,(H,20,22)/t16-,17+/m0/s1. The highest BCUT2D eigenvalue weighted by Crippen LogP contribution is 2.26. The van der Waals surface area contributed by atoms with Crippen molar-refractivity contribution >= 4 is 5.91 Å². The van der Waals surface area contributed by atoms with Gasteiger partial charge in [-0.3, -0.25) is 9.69 Å².